The lowest BCUT2D eigenvalue weighted by Crippen LogP contribution is -2.30. The van der Waals surface area contributed by atoms with Gasteiger partial charge >= 0.3 is 6.98 Å². The molecule has 88 valence electrons. The predicted molar refractivity (Wildman–Crippen MR) is 57.9 cm³/mol. The van der Waals surface area contributed by atoms with Gasteiger partial charge in [-0.05, 0) is 24.3 Å². The molecule has 0 aliphatic rings. The normalized spacial score (nSPS) is 11.3. The summed E-state index contributed by atoms with van der Waals surface area (Å²) in [4.78, 5) is 1.37. The highest BCUT2D eigenvalue weighted by molar-refractivity contribution is 6.66. The third kappa shape index (κ3) is 3.29. The van der Waals surface area contributed by atoms with E-state index in [0.29, 0.717) is 5.69 Å². The molecule has 1 rings (SSSR count). The van der Waals surface area contributed by atoms with E-state index in [1.165, 1.54) is 36.2 Å². The Balaban J connectivity index is 2.69. The van der Waals surface area contributed by atoms with Crippen LogP contribution in [-0.4, -0.2) is 20.6 Å². The molecule has 0 saturated heterocycles. The minimum atomic E-state index is -5.02. The van der Waals surface area contributed by atoms with Crippen molar-refractivity contribution in [3.63, 3.8) is 0 Å². The van der Waals surface area contributed by atoms with Gasteiger partial charge in [0, 0.05) is 19.3 Å². The molecule has 0 spiro atoms. The molecular weight excluding hydrogens is 221 g/mol. The fourth-order valence-electron chi connectivity index (χ4n) is 1.20. The number of nitrogens with zero attached hydrogens (tertiary/aromatic N) is 1. The minimum Gasteiger partial charge on any atom is -0.445 e. The van der Waals surface area contributed by atoms with Gasteiger partial charge in [-0.3, -0.25) is 0 Å². The van der Waals surface area contributed by atoms with Crippen LogP contribution in [0, 0.1) is 5.82 Å². The van der Waals surface area contributed by atoms with Gasteiger partial charge in [-0.25, -0.2) is 4.39 Å². The number of likely N-dealkylation sites (N-methyl/N-ethyl adjacent to an activating group) is 1. The SMILES string of the molecule is C=C(CN(C)c1ccc(F)cc1)[B-](F)(F)F. The first-order chi connectivity index (χ1) is 7.30. The van der Waals surface area contributed by atoms with Crippen molar-refractivity contribution >= 4 is 12.7 Å². The van der Waals surface area contributed by atoms with Gasteiger partial charge in [-0.2, -0.15) is 0 Å². The van der Waals surface area contributed by atoms with Crippen LogP contribution in [-0.2, 0) is 0 Å². The van der Waals surface area contributed by atoms with Gasteiger partial charge in [0.1, 0.15) is 5.82 Å². The molecule has 1 aromatic rings. The first kappa shape index (κ1) is 12.6. The van der Waals surface area contributed by atoms with Crippen LogP contribution >= 0.6 is 0 Å². The summed E-state index contributed by atoms with van der Waals surface area (Å²) in [6, 6.07) is 5.25. The number of hydrogen-bond acceptors (Lipinski definition) is 1. The molecule has 0 atom stereocenters. The van der Waals surface area contributed by atoms with Gasteiger partial charge in [0.2, 0.25) is 0 Å². The zero-order valence-corrected chi connectivity index (χ0v) is 8.76. The van der Waals surface area contributed by atoms with E-state index in [2.05, 4.69) is 6.58 Å². The molecular formula is C10H11BF4N-. The lowest BCUT2D eigenvalue weighted by molar-refractivity contribution is 0.488. The quantitative estimate of drug-likeness (QED) is 0.569. The largest absolute Gasteiger partial charge is 0.506 e. The molecule has 0 radical (unpaired) electrons. The van der Waals surface area contributed by atoms with E-state index in [4.69, 9.17) is 0 Å². The molecule has 1 aromatic carbocycles. The maximum absolute atomic E-state index is 12.6. The summed E-state index contributed by atoms with van der Waals surface area (Å²) in [5.41, 5.74) is -0.255. The molecule has 0 N–H and O–H groups in total. The summed E-state index contributed by atoms with van der Waals surface area (Å²) >= 11 is 0. The maximum Gasteiger partial charge on any atom is 0.506 e. The number of benzene rings is 1. The topological polar surface area (TPSA) is 3.24 Å². The number of hydrogen-bond donors (Lipinski definition) is 0. The van der Waals surface area contributed by atoms with E-state index >= 15 is 0 Å². The van der Waals surface area contributed by atoms with Crippen molar-refractivity contribution < 1.29 is 17.3 Å². The van der Waals surface area contributed by atoms with Crippen LogP contribution in [0.4, 0.5) is 23.0 Å². The van der Waals surface area contributed by atoms with E-state index in [0.717, 1.165) is 0 Å². The molecule has 0 fully saturated rings. The first-order valence-corrected chi connectivity index (χ1v) is 4.65. The molecule has 0 unspecified atom stereocenters. The average Bonchev–Trinajstić information content (AvgIpc) is 2.17. The molecule has 0 aliphatic heterocycles. The highest BCUT2D eigenvalue weighted by Gasteiger charge is 2.27. The second-order valence-corrected chi connectivity index (χ2v) is 3.57. The summed E-state index contributed by atoms with van der Waals surface area (Å²) in [6.45, 7) is -2.33. The fraction of sp³-hybridized carbons (Fsp3) is 0.200. The standard InChI is InChI=1S/C10H11BF4N/c1-8(11(13,14)15)7-16(2)10-5-3-9(12)4-6-10/h3-6H,1,7H2,2H3/q-1. The van der Waals surface area contributed by atoms with Crippen molar-refractivity contribution in [1.82, 2.24) is 0 Å². The molecule has 1 nitrogen and oxygen atoms in total. The number of halogens is 4. The van der Waals surface area contributed by atoms with Gasteiger partial charge in [-0.15, -0.1) is 12.1 Å². The number of rotatable bonds is 4. The van der Waals surface area contributed by atoms with Crippen molar-refractivity contribution in [2.24, 2.45) is 0 Å². The Morgan fingerprint density at radius 2 is 1.75 bits per heavy atom. The van der Waals surface area contributed by atoms with Crippen LogP contribution in [0.1, 0.15) is 0 Å². The van der Waals surface area contributed by atoms with Gasteiger partial charge in [0.25, 0.3) is 0 Å². The summed E-state index contributed by atoms with van der Waals surface area (Å²) in [6.07, 6.45) is 0. The van der Waals surface area contributed by atoms with E-state index < -0.39 is 18.3 Å². The Morgan fingerprint density at radius 3 is 2.19 bits per heavy atom. The smallest absolute Gasteiger partial charge is 0.445 e. The molecule has 0 saturated carbocycles. The highest BCUT2D eigenvalue weighted by atomic mass is 19.4. The zero-order valence-electron chi connectivity index (χ0n) is 8.76. The van der Waals surface area contributed by atoms with E-state index in [1.807, 2.05) is 0 Å². The van der Waals surface area contributed by atoms with Crippen LogP contribution in [0.3, 0.4) is 0 Å². The first-order valence-electron chi connectivity index (χ1n) is 4.65. The van der Waals surface area contributed by atoms with E-state index in [-0.39, 0.29) is 6.54 Å². The fourth-order valence-corrected chi connectivity index (χ4v) is 1.20. The predicted octanol–water partition coefficient (Wildman–Crippen LogP) is 3.20. The Hall–Kier alpha value is -1.46. The molecule has 0 bridgehead atoms. The Morgan fingerprint density at radius 1 is 1.25 bits per heavy atom. The van der Waals surface area contributed by atoms with Crippen molar-refractivity contribution in [2.45, 2.75) is 0 Å². The third-order valence-corrected chi connectivity index (χ3v) is 2.17. The van der Waals surface area contributed by atoms with Crippen LogP contribution in [0.15, 0.2) is 36.3 Å². The minimum absolute atomic E-state index is 0.310. The Labute approximate surface area is 91.4 Å². The van der Waals surface area contributed by atoms with E-state index in [1.54, 1.807) is 0 Å². The van der Waals surface area contributed by atoms with Crippen molar-refractivity contribution in [3.8, 4) is 0 Å². The highest BCUT2D eigenvalue weighted by Crippen LogP contribution is 2.21. The summed E-state index contributed by atoms with van der Waals surface area (Å²) in [5, 5.41) is 0. The van der Waals surface area contributed by atoms with Crippen LogP contribution < -0.4 is 4.90 Å². The molecule has 16 heavy (non-hydrogen) atoms. The summed E-state index contributed by atoms with van der Waals surface area (Å²) in [5.74, 6) is -0.420. The Kier molecular flexibility index (Phi) is 3.62. The molecule has 0 aliphatic carbocycles. The molecule has 0 aromatic heterocycles. The molecule has 0 amide bonds. The van der Waals surface area contributed by atoms with Crippen molar-refractivity contribution in [1.29, 1.82) is 0 Å². The van der Waals surface area contributed by atoms with E-state index in [9.17, 15) is 17.3 Å². The van der Waals surface area contributed by atoms with Crippen molar-refractivity contribution in [2.75, 3.05) is 18.5 Å². The molecule has 6 heteroatoms. The molecule has 0 heterocycles. The van der Waals surface area contributed by atoms with Gasteiger partial charge in [0.15, 0.2) is 0 Å². The van der Waals surface area contributed by atoms with Gasteiger partial charge < -0.3 is 17.8 Å². The van der Waals surface area contributed by atoms with Crippen LogP contribution in [0.25, 0.3) is 0 Å². The Bertz CT molecular complexity index is 371. The monoisotopic (exact) mass is 232 g/mol. The van der Waals surface area contributed by atoms with Crippen LogP contribution in [0.5, 0.6) is 0 Å². The lowest BCUT2D eigenvalue weighted by atomic mass is 9.80. The van der Waals surface area contributed by atoms with Crippen LogP contribution in [0.2, 0.25) is 0 Å². The number of anilines is 1. The summed E-state index contributed by atoms with van der Waals surface area (Å²) < 4.78 is 49.4. The van der Waals surface area contributed by atoms with Gasteiger partial charge in [0.05, 0.1) is 0 Å². The summed E-state index contributed by atoms with van der Waals surface area (Å²) in [7, 11) is 1.50. The average molecular weight is 232 g/mol. The lowest BCUT2D eigenvalue weighted by Gasteiger charge is -2.25. The van der Waals surface area contributed by atoms with Gasteiger partial charge in [-0.1, -0.05) is 0 Å². The van der Waals surface area contributed by atoms with Crippen molar-refractivity contribution in [3.05, 3.63) is 42.1 Å². The maximum atomic E-state index is 12.6. The zero-order chi connectivity index (χ0) is 12.3. The second kappa shape index (κ2) is 4.59. The second-order valence-electron chi connectivity index (χ2n) is 3.57. The third-order valence-electron chi connectivity index (χ3n) is 2.17.